The van der Waals surface area contributed by atoms with Crippen molar-refractivity contribution in [1.82, 2.24) is 9.80 Å². The number of quaternary nitrogens is 2. The van der Waals surface area contributed by atoms with Gasteiger partial charge in [0.15, 0.2) is 0 Å². The van der Waals surface area contributed by atoms with Gasteiger partial charge in [-0.1, -0.05) is 31.9 Å². The normalized spacial score (nSPS) is 26.4. The summed E-state index contributed by atoms with van der Waals surface area (Å²) in [7, 11) is 0. The lowest BCUT2D eigenvalue weighted by Gasteiger charge is -2.44. The fraction of sp³-hybridized carbons (Fsp3) is 1.00. The number of rotatable bonds is 10. The summed E-state index contributed by atoms with van der Waals surface area (Å²) in [6.07, 6.45) is 8.67. The fourth-order valence-corrected chi connectivity index (χ4v) is 7.29. The van der Waals surface area contributed by atoms with Gasteiger partial charge in [-0.25, -0.2) is 0 Å². The molecule has 3 aliphatic rings. The van der Waals surface area contributed by atoms with E-state index in [0.29, 0.717) is 0 Å². The van der Waals surface area contributed by atoms with Gasteiger partial charge in [0.2, 0.25) is 0 Å². The van der Waals surface area contributed by atoms with Crippen LogP contribution >= 0.6 is 31.9 Å². The second kappa shape index (κ2) is 12.0. The third-order valence-electron chi connectivity index (χ3n) is 7.89. The number of hydrogen-bond donors (Lipinski definition) is 0. The minimum absolute atomic E-state index is 1.16. The fourth-order valence-electron chi connectivity index (χ4n) is 5.79. The van der Waals surface area contributed by atoms with Gasteiger partial charge >= 0.3 is 0 Å². The van der Waals surface area contributed by atoms with Crippen LogP contribution in [0.2, 0.25) is 0 Å². The molecule has 0 amide bonds. The van der Waals surface area contributed by atoms with E-state index >= 15 is 0 Å². The molecular formula is C22H44Br2N4+2. The van der Waals surface area contributed by atoms with Crippen LogP contribution in [0.1, 0.15) is 38.5 Å². The standard InChI is InChI=1S/C22H44Br2N4/c23-7-19-27(15-3-1-4-16-27)21-13-25-9-11-26(12-10-25)14-22-28(20-8-24)17-5-2-6-18-28/h1-22H2/q+2. The van der Waals surface area contributed by atoms with Crippen molar-refractivity contribution in [2.24, 2.45) is 0 Å². The van der Waals surface area contributed by atoms with Crippen LogP contribution < -0.4 is 0 Å². The summed E-state index contributed by atoms with van der Waals surface area (Å²) >= 11 is 7.44. The van der Waals surface area contributed by atoms with Crippen molar-refractivity contribution in [3.05, 3.63) is 0 Å². The van der Waals surface area contributed by atoms with E-state index in [1.807, 2.05) is 0 Å². The summed E-state index contributed by atoms with van der Waals surface area (Å²) in [6.45, 7) is 18.8. The second-order valence-electron chi connectivity index (χ2n) is 9.65. The molecule has 0 bridgehead atoms. The summed E-state index contributed by atoms with van der Waals surface area (Å²) in [4.78, 5) is 5.51. The second-order valence-corrected chi connectivity index (χ2v) is 11.2. The van der Waals surface area contributed by atoms with Crippen molar-refractivity contribution in [2.45, 2.75) is 38.5 Å². The third kappa shape index (κ3) is 6.91. The molecule has 6 heteroatoms. The van der Waals surface area contributed by atoms with E-state index in [4.69, 9.17) is 0 Å². The molecule has 3 aliphatic heterocycles. The average Bonchev–Trinajstić information content (AvgIpc) is 2.74. The Balaban J connectivity index is 1.38. The molecule has 4 nitrogen and oxygen atoms in total. The SMILES string of the molecule is BrCC[N+]1(CCN2CCN(CC[N+]3(CCBr)CCCCC3)CC2)CCCCC1. The van der Waals surface area contributed by atoms with Gasteiger partial charge in [0.1, 0.15) is 0 Å². The van der Waals surface area contributed by atoms with Gasteiger partial charge < -0.3 is 8.97 Å². The highest BCUT2D eigenvalue weighted by Gasteiger charge is 2.32. The molecule has 0 aromatic rings. The van der Waals surface area contributed by atoms with Gasteiger partial charge in [-0.2, -0.15) is 0 Å². The Kier molecular flexibility index (Phi) is 10.1. The molecule has 0 N–H and O–H groups in total. The maximum Gasteiger partial charge on any atom is 0.0916 e. The molecule has 0 aromatic carbocycles. The van der Waals surface area contributed by atoms with E-state index in [1.54, 1.807) is 0 Å². The minimum Gasteiger partial charge on any atom is -0.322 e. The van der Waals surface area contributed by atoms with Crippen LogP contribution in [0.25, 0.3) is 0 Å². The van der Waals surface area contributed by atoms with E-state index in [0.717, 1.165) is 10.7 Å². The Morgan fingerprint density at radius 2 is 0.857 bits per heavy atom. The van der Waals surface area contributed by atoms with Crippen LogP contribution in [0.3, 0.4) is 0 Å². The number of piperazine rings is 1. The van der Waals surface area contributed by atoms with Crippen LogP contribution in [-0.2, 0) is 0 Å². The van der Waals surface area contributed by atoms with Crippen LogP contribution in [-0.4, -0.2) is 121 Å². The Labute approximate surface area is 191 Å². The number of nitrogens with zero attached hydrogens (tertiary/aromatic N) is 4. The third-order valence-corrected chi connectivity index (χ3v) is 8.60. The maximum atomic E-state index is 3.72. The molecule has 28 heavy (non-hydrogen) atoms. The maximum absolute atomic E-state index is 3.72. The Morgan fingerprint density at radius 1 is 0.500 bits per heavy atom. The first kappa shape index (κ1) is 23.5. The van der Waals surface area contributed by atoms with Crippen molar-refractivity contribution >= 4 is 31.9 Å². The summed E-state index contributed by atoms with van der Waals surface area (Å²) in [5.41, 5.74) is 0. The molecule has 0 unspecified atom stereocenters. The van der Waals surface area contributed by atoms with Gasteiger partial charge in [0, 0.05) is 39.3 Å². The summed E-state index contributed by atoms with van der Waals surface area (Å²) in [5.74, 6) is 0. The largest absolute Gasteiger partial charge is 0.322 e. The number of piperidine rings is 2. The number of halogens is 2. The van der Waals surface area contributed by atoms with Crippen molar-refractivity contribution in [2.75, 3.05) is 102 Å². The zero-order valence-electron chi connectivity index (χ0n) is 18.1. The molecule has 0 spiro atoms. The number of likely N-dealkylation sites (tertiary alicyclic amines) is 2. The van der Waals surface area contributed by atoms with Gasteiger partial charge in [0.25, 0.3) is 0 Å². The molecule has 3 heterocycles. The topological polar surface area (TPSA) is 6.48 Å². The molecular weight excluding hydrogens is 480 g/mol. The lowest BCUT2D eigenvalue weighted by atomic mass is 10.1. The van der Waals surface area contributed by atoms with E-state index in [9.17, 15) is 0 Å². The highest BCUT2D eigenvalue weighted by Crippen LogP contribution is 2.21. The monoisotopic (exact) mass is 522 g/mol. The summed E-state index contributed by atoms with van der Waals surface area (Å²) in [6, 6.07) is 0. The predicted octanol–water partition coefficient (Wildman–Crippen LogP) is 3.40. The molecule has 164 valence electrons. The van der Waals surface area contributed by atoms with Gasteiger partial charge in [-0.05, 0) is 38.5 Å². The van der Waals surface area contributed by atoms with Crippen LogP contribution in [0.4, 0.5) is 0 Å². The number of alkyl halides is 2. The zero-order valence-corrected chi connectivity index (χ0v) is 21.3. The Hall–Kier alpha value is 0.800. The average molecular weight is 524 g/mol. The van der Waals surface area contributed by atoms with Crippen molar-refractivity contribution in [3.8, 4) is 0 Å². The zero-order chi connectivity index (χ0) is 19.7. The van der Waals surface area contributed by atoms with Gasteiger partial charge in [0.05, 0.1) is 63.0 Å². The van der Waals surface area contributed by atoms with Crippen LogP contribution in [0, 0.1) is 0 Å². The van der Waals surface area contributed by atoms with E-state index in [2.05, 4.69) is 41.7 Å². The highest BCUT2D eigenvalue weighted by atomic mass is 79.9. The molecule has 0 aliphatic carbocycles. The molecule has 3 saturated heterocycles. The molecule has 0 atom stereocenters. The molecule has 3 fully saturated rings. The lowest BCUT2D eigenvalue weighted by molar-refractivity contribution is -0.929. The Bertz CT molecular complexity index is 377. The van der Waals surface area contributed by atoms with Crippen LogP contribution in [0.15, 0.2) is 0 Å². The summed E-state index contributed by atoms with van der Waals surface area (Å²) < 4.78 is 2.75. The molecule has 0 aromatic heterocycles. The molecule has 0 radical (unpaired) electrons. The van der Waals surface area contributed by atoms with Gasteiger partial charge in [-0.15, -0.1) is 0 Å². The van der Waals surface area contributed by atoms with Crippen molar-refractivity contribution < 1.29 is 8.97 Å². The smallest absolute Gasteiger partial charge is 0.0916 e. The highest BCUT2D eigenvalue weighted by molar-refractivity contribution is 9.09. The van der Waals surface area contributed by atoms with Gasteiger partial charge in [-0.3, -0.25) is 9.80 Å². The van der Waals surface area contributed by atoms with E-state index in [-0.39, 0.29) is 0 Å². The first-order valence-electron chi connectivity index (χ1n) is 12.0. The van der Waals surface area contributed by atoms with E-state index < -0.39 is 0 Å². The van der Waals surface area contributed by atoms with Crippen molar-refractivity contribution in [3.63, 3.8) is 0 Å². The van der Waals surface area contributed by atoms with Crippen molar-refractivity contribution in [1.29, 1.82) is 0 Å². The molecule has 0 saturated carbocycles. The van der Waals surface area contributed by atoms with E-state index in [1.165, 1.54) is 139 Å². The minimum atomic E-state index is 1.16. The number of hydrogen-bond acceptors (Lipinski definition) is 2. The predicted molar refractivity (Wildman–Crippen MR) is 128 cm³/mol. The quantitative estimate of drug-likeness (QED) is 0.320. The lowest BCUT2D eigenvalue weighted by Crippen LogP contribution is -2.58. The first-order chi connectivity index (χ1) is 13.7. The molecule has 3 rings (SSSR count). The first-order valence-corrected chi connectivity index (χ1v) is 14.2. The Morgan fingerprint density at radius 3 is 1.18 bits per heavy atom. The summed E-state index contributed by atoms with van der Waals surface area (Å²) in [5, 5.41) is 2.32. The van der Waals surface area contributed by atoms with Crippen LogP contribution in [0.5, 0.6) is 0 Å².